The van der Waals surface area contributed by atoms with Crippen LogP contribution < -0.4 is 0 Å². The molecule has 2 heterocycles. The summed E-state index contributed by atoms with van der Waals surface area (Å²) in [7, 11) is 0. The standard InChI is InChI=1S/C10H16N4O2S/c15-8-5-16-6-9(8)17-10-11-12-13-14(10)7-3-1-2-4-7/h7-9,15H,1-6H2. The summed E-state index contributed by atoms with van der Waals surface area (Å²) in [5, 5.41) is 22.5. The van der Waals surface area contributed by atoms with Crippen LogP contribution >= 0.6 is 11.8 Å². The van der Waals surface area contributed by atoms with Crippen molar-refractivity contribution in [2.45, 2.75) is 48.2 Å². The van der Waals surface area contributed by atoms with Gasteiger partial charge >= 0.3 is 0 Å². The lowest BCUT2D eigenvalue weighted by Gasteiger charge is -2.14. The van der Waals surface area contributed by atoms with Gasteiger partial charge in [0.15, 0.2) is 0 Å². The van der Waals surface area contributed by atoms with Crippen LogP contribution in [0.2, 0.25) is 0 Å². The fourth-order valence-corrected chi connectivity index (χ4v) is 3.46. The van der Waals surface area contributed by atoms with Gasteiger partial charge in [-0.15, -0.1) is 5.10 Å². The van der Waals surface area contributed by atoms with Crippen molar-refractivity contribution in [1.82, 2.24) is 20.2 Å². The molecule has 17 heavy (non-hydrogen) atoms. The monoisotopic (exact) mass is 256 g/mol. The number of ether oxygens (including phenoxy) is 1. The van der Waals surface area contributed by atoms with Gasteiger partial charge in [-0.25, -0.2) is 4.68 Å². The Bertz CT molecular complexity index is 380. The smallest absolute Gasteiger partial charge is 0.210 e. The quantitative estimate of drug-likeness (QED) is 0.855. The first-order chi connectivity index (χ1) is 8.34. The number of aliphatic hydroxyl groups excluding tert-OH is 1. The molecule has 3 rings (SSSR count). The first-order valence-corrected chi connectivity index (χ1v) is 6.93. The van der Waals surface area contributed by atoms with Crippen LogP contribution in [-0.4, -0.2) is 49.9 Å². The Morgan fingerprint density at radius 1 is 1.29 bits per heavy atom. The Kier molecular flexibility index (Phi) is 3.30. The van der Waals surface area contributed by atoms with E-state index in [1.165, 1.54) is 24.6 Å². The van der Waals surface area contributed by atoms with E-state index in [4.69, 9.17) is 4.74 Å². The van der Waals surface area contributed by atoms with E-state index in [1.807, 2.05) is 4.68 Å². The van der Waals surface area contributed by atoms with Crippen molar-refractivity contribution in [3.05, 3.63) is 0 Å². The highest BCUT2D eigenvalue weighted by Crippen LogP contribution is 2.33. The van der Waals surface area contributed by atoms with Crippen LogP contribution in [-0.2, 0) is 4.74 Å². The first-order valence-electron chi connectivity index (χ1n) is 6.05. The molecule has 1 aliphatic heterocycles. The fraction of sp³-hybridized carbons (Fsp3) is 0.900. The zero-order valence-corrected chi connectivity index (χ0v) is 10.3. The van der Waals surface area contributed by atoms with E-state index in [1.54, 1.807) is 0 Å². The maximum Gasteiger partial charge on any atom is 0.210 e. The van der Waals surface area contributed by atoms with Crippen LogP contribution in [0.3, 0.4) is 0 Å². The van der Waals surface area contributed by atoms with E-state index in [-0.39, 0.29) is 5.25 Å². The summed E-state index contributed by atoms with van der Waals surface area (Å²) in [5.74, 6) is 0. The second-order valence-electron chi connectivity index (χ2n) is 4.61. The maximum absolute atomic E-state index is 9.72. The summed E-state index contributed by atoms with van der Waals surface area (Å²) in [6.45, 7) is 0.992. The van der Waals surface area contributed by atoms with Crippen molar-refractivity contribution in [2.24, 2.45) is 0 Å². The molecule has 1 aliphatic carbocycles. The average Bonchev–Trinajstić information content (AvgIpc) is 3.02. The number of hydrogen-bond acceptors (Lipinski definition) is 6. The van der Waals surface area contributed by atoms with E-state index < -0.39 is 6.10 Å². The minimum Gasteiger partial charge on any atom is -0.389 e. The number of aliphatic hydroxyl groups is 1. The molecular weight excluding hydrogens is 240 g/mol. The van der Waals surface area contributed by atoms with Crippen LogP contribution in [0.4, 0.5) is 0 Å². The van der Waals surface area contributed by atoms with E-state index >= 15 is 0 Å². The Balaban J connectivity index is 1.72. The predicted molar refractivity (Wildman–Crippen MR) is 61.8 cm³/mol. The zero-order chi connectivity index (χ0) is 11.7. The van der Waals surface area contributed by atoms with Crippen molar-refractivity contribution in [3.8, 4) is 0 Å². The van der Waals surface area contributed by atoms with Gasteiger partial charge in [-0.2, -0.15) is 0 Å². The van der Waals surface area contributed by atoms with Gasteiger partial charge in [0.25, 0.3) is 0 Å². The van der Waals surface area contributed by atoms with Gasteiger partial charge in [0.05, 0.1) is 30.6 Å². The molecule has 0 amide bonds. The van der Waals surface area contributed by atoms with Crippen molar-refractivity contribution in [2.75, 3.05) is 13.2 Å². The van der Waals surface area contributed by atoms with Gasteiger partial charge in [-0.05, 0) is 23.3 Å². The largest absolute Gasteiger partial charge is 0.389 e. The summed E-state index contributed by atoms with van der Waals surface area (Å²) >= 11 is 1.53. The number of thioether (sulfide) groups is 1. The normalized spacial score (nSPS) is 30.2. The highest BCUT2D eigenvalue weighted by Gasteiger charge is 2.30. The SMILES string of the molecule is OC1COCC1Sc1nnnn1C1CCCC1. The molecule has 1 N–H and O–H groups in total. The molecule has 2 unspecified atom stereocenters. The molecule has 2 aliphatic rings. The summed E-state index contributed by atoms with van der Waals surface area (Å²) in [6.07, 6.45) is 4.41. The summed E-state index contributed by atoms with van der Waals surface area (Å²) in [6, 6.07) is 0.437. The Labute approximate surface area is 104 Å². The highest BCUT2D eigenvalue weighted by atomic mass is 32.2. The molecule has 94 valence electrons. The minimum atomic E-state index is -0.409. The number of aromatic nitrogens is 4. The van der Waals surface area contributed by atoms with Crippen molar-refractivity contribution in [1.29, 1.82) is 0 Å². The summed E-state index contributed by atoms with van der Waals surface area (Å²) in [5.41, 5.74) is 0. The minimum absolute atomic E-state index is 0.0566. The van der Waals surface area contributed by atoms with Crippen molar-refractivity contribution < 1.29 is 9.84 Å². The lowest BCUT2D eigenvalue weighted by Crippen LogP contribution is -2.21. The summed E-state index contributed by atoms with van der Waals surface area (Å²) in [4.78, 5) is 0. The maximum atomic E-state index is 9.72. The highest BCUT2D eigenvalue weighted by molar-refractivity contribution is 7.99. The number of tetrazole rings is 1. The number of nitrogens with zero attached hydrogens (tertiary/aromatic N) is 4. The van der Waals surface area contributed by atoms with E-state index in [9.17, 15) is 5.11 Å². The van der Waals surface area contributed by atoms with Gasteiger partial charge in [0.1, 0.15) is 0 Å². The molecular formula is C10H16N4O2S. The van der Waals surface area contributed by atoms with Crippen LogP contribution in [0.1, 0.15) is 31.7 Å². The van der Waals surface area contributed by atoms with Crippen molar-refractivity contribution >= 4 is 11.8 Å². The van der Waals surface area contributed by atoms with Gasteiger partial charge in [-0.1, -0.05) is 24.6 Å². The van der Waals surface area contributed by atoms with Gasteiger partial charge < -0.3 is 9.84 Å². The predicted octanol–water partition coefficient (Wildman–Crippen LogP) is 0.640. The lowest BCUT2D eigenvalue weighted by atomic mass is 10.3. The molecule has 2 fully saturated rings. The van der Waals surface area contributed by atoms with Crippen LogP contribution in [0.25, 0.3) is 0 Å². The zero-order valence-electron chi connectivity index (χ0n) is 9.53. The molecule has 2 atom stereocenters. The van der Waals surface area contributed by atoms with Gasteiger partial charge in [0.2, 0.25) is 5.16 Å². The van der Waals surface area contributed by atoms with Crippen LogP contribution in [0.5, 0.6) is 0 Å². The van der Waals surface area contributed by atoms with Crippen LogP contribution in [0.15, 0.2) is 5.16 Å². The second kappa shape index (κ2) is 4.91. The molecule has 0 bridgehead atoms. The van der Waals surface area contributed by atoms with Crippen LogP contribution in [0, 0.1) is 0 Å². The number of rotatable bonds is 3. The first kappa shape index (κ1) is 11.4. The third-order valence-electron chi connectivity index (χ3n) is 3.39. The van der Waals surface area contributed by atoms with E-state index in [2.05, 4.69) is 15.5 Å². The van der Waals surface area contributed by atoms with Gasteiger partial charge in [-0.3, -0.25) is 0 Å². The van der Waals surface area contributed by atoms with E-state index in [0.717, 1.165) is 18.0 Å². The molecule has 1 aromatic heterocycles. The summed E-state index contributed by atoms with van der Waals surface area (Å²) < 4.78 is 7.15. The molecule has 1 saturated heterocycles. The molecule has 6 nitrogen and oxygen atoms in total. The Morgan fingerprint density at radius 3 is 2.82 bits per heavy atom. The Morgan fingerprint density at radius 2 is 2.12 bits per heavy atom. The fourth-order valence-electron chi connectivity index (χ4n) is 2.41. The Hall–Kier alpha value is -0.660. The van der Waals surface area contributed by atoms with E-state index in [0.29, 0.717) is 19.3 Å². The number of hydrogen-bond donors (Lipinski definition) is 1. The van der Waals surface area contributed by atoms with Gasteiger partial charge in [0, 0.05) is 0 Å². The molecule has 0 spiro atoms. The van der Waals surface area contributed by atoms with Crippen molar-refractivity contribution in [3.63, 3.8) is 0 Å². The third-order valence-corrected chi connectivity index (χ3v) is 4.62. The molecule has 7 heteroatoms. The second-order valence-corrected chi connectivity index (χ2v) is 5.81. The lowest BCUT2D eigenvalue weighted by molar-refractivity contribution is 0.127. The molecule has 0 radical (unpaired) electrons. The third kappa shape index (κ3) is 2.31. The molecule has 1 saturated carbocycles. The molecule has 1 aromatic rings. The topological polar surface area (TPSA) is 73.1 Å². The average molecular weight is 256 g/mol. The molecule has 0 aromatic carbocycles.